The second-order valence-corrected chi connectivity index (χ2v) is 4.16. The first-order valence-electron chi connectivity index (χ1n) is 5.36. The Hall–Kier alpha value is -1.14. The van der Waals surface area contributed by atoms with Crippen LogP contribution < -0.4 is 5.32 Å². The van der Waals surface area contributed by atoms with Crippen molar-refractivity contribution in [1.29, 1.82) is 0 Å². The SMILES string of the molecule is O=C(O)C1(C(=O)NCC2COCCO2)CC1. The van der Waals surface area contributed by atoms with Gasteiger partial charge >= 0.3 is 5.97 Å². The van der Waals surface area contributed by atoms with Crippen LogP contribution in [0.1, 0.15) is 12.8 Å². The minimum atomic E-state index is -1.17. The van der Waals surface area contributed by atoms with E-state index in [0.717, 1.165) is 0 Å². The first-order valence-corrected chi connectivity index (χ1v) is 5.36. The molecule has 1 heterocycles. The Morgan fingerprint density at radius 2 is 2.12 bits per heavy atom. The smallest absolute Gasteiger partial charge is 0.319 e. The van der Waals surface area contributed by atoms with E-state index in [1.165, 1.54) is 0 Å². The summed E-state index contributed by atoms with van der Waals surface area (Å²) in [5.74, 6) is -1.44. The minimum Gasteiger partial charge on any atom is -0.480 e. The Morgan fingerprint density at radius 1 is 1.38 bits per heavy atom. The summed E-state index contributed by atoms with van der Waals surface area (Å²) >= 11 is 0. The molecule has 6 heteroatoms. The van der Waals surface area contributed by atoms with Gasteiger partial charge in [-0.05, 0) is 12.8 Å². The summed E-state index contributed by atoms with van der Waals surface area (Å²) in [6, 6.07) is 0. The maximum atomic E-state index is 11.6. The number of carboxylic acids is 1. The predicted molar refractivity (Wildman–Crippen MR) is 52.9 cm³/mol. The summed E-state index contributed by atoms with van der Waals surface area (Å²) in [6.07, 6.45) is 0.689. The number of ether oxygens (including phenoxy) is 2. The highest BCUT2D eigenvalue weighted by molar-refractivity contribution is 6.04. The van der Waals surface area contributed by atoms with Crippen molar-refractivity contribution in [3.8, 4) is 0 Å². The lowest BCUT2D eigenvalue weighted by atomic mass is 10.1. The van der Waals surface area contributed by atoms with Crippen LogP contribution in [0.4, 0.5) is 0 Å². The molecular weight excluding hydrogens is 214 g/mol. The monoisotopic (exact) mass is 229 g/mol. The van der Waals surface area contributed by atoms with Crippen molar-refractivity contribution in [3.05, 3.63) is 0 Å². The van der Waals surface area contributed by atoms with Crippen molar-refractivity contribution < 1.29 is 24.2 Å². The van der Waals surface area contributed by atoms with Crippen LogP contribution in [0, 0.1) is 5.41 Å². The van der Waals surface area contributed by atoms with Crippen molar-refractivity contribution in [1.82, 2.24) is 5.32 Å². The van der Waals surface area contributed by atoms with Gasteiger partial charge in [-0.2, -0.15) is 0 Å². The average Bonchev–Trinajstić information content (AvgIpc) is 3.08. The molecule has 2 N–H and O–H groups in total. The lowest BCUT2D eigenvalue weighted by Gasteiger charge is -2.23. The molecule has 0 aromatic rings. The second kappa shape index (κ2) is 4.39. The number of hydrogen-bond donors (Lipinski definition) is 2. The van der Waals surface area contributed by atoms with Gasteiger partial charge in [0, 0.05) is 6.54 Å². The van der Waals surface area contributed by atoms with E-state index in [0.29, 0.717) is 39.2 Å². The number of amides is 1. The van der Waals surface area contributed by atoms with Gasteiger partial charge in [0.05, 0.1) is 25.9 Å². The Kier molecular flexibility index (Phi) is 3.11. The topological polar surface area (TPSA) is 84.9 Å². The normalized spacial score (nSPS) is 27.1. The maximum absolute atomic E-state index is 11.6. The van der Waals surface area contributed by atoms with Crippen LogP contribution >= 0.6 is 0 Å². The fraction of sp³-hybridized carbons (Fsp3) is 0.800. The van der Waals surface area contributed by atoms with Crippen LogP contribution in [0.25, 0.3) is 0 Å². The quantitative estimate of drug-likeness (QED) is 0.628. The van der Waals surface area contributed by atoms with E-state index in [-0.39, 0.29) is 6.10 Å². The highest BCUT2D eigenvalue weighted by Gasteiger charge is 2.57. The van der Waals surface area contributed by atoms with Crippen molar-refractivity contribution in [2.45, 2.75) is 18.9 Å². The zero-order valence-corrected chi connectivity index (χ0v) is 8.90. The van der Waals surface area contributed by atoms with Gasteiger partial charge in [0.1, 0.15) is 5.41 Å². The first kappa shape index (κ1) is 11.3. The average molecular weight is 229 g/mol. The van der Waals surface area contributed by atoms with Gasteiger partial charge in [0.15, 0.2) is 0 Å². The summed E-state index contributed by atoms with van der Waals surface area (Å²) in [4.78, 5) is 22.5. The molecule has 6 nitrogen and oxygen atoms in total. The van der Waals surface area contributed by atoms with Crippen LogP contribution in [-0.2, 0) is 19.1 Å². The van der Waals surface area contributed by atoms with Crippen molar-refractivity contribution in [2.75, 3.05) is 26.4 Å². The molecule has 1 amide bonds. The Labute approximate surface area is 92.9 Å². The van der Waals surface area contributed by atoms with Crippen LogP contribution in [-0.4, -0.2) is 49.5 Å². The molecule has 16 heavy (non-hydrogen) atoms. The summed E-state index contributed by atoms with van der Waals surface area (Å²) < 4.78 is 10.5. The maximum Gasteiger partial charge on any atom is 0.319 e. The number of aliphatic carboxylic acids is 1. The molecule has 90 valence electrons. The molecule has 1 aliphatic heterocycles. The fourth-order valence-corrected chi connectivity index (χ4v) is 1.69. The van der Waals surface area contributed by atoms with Gasteiger partial charge in [-0.15, -0.1) is 0 Å². The summed E-state index contributed by atoms with van der Waals surface area (Å²) in [7, 11) is 0. The molecule has 2 rings (SSSR count). The zero-order chi connectivity index (χ0) is 11.6. The Bertz CT molecular complexity index is 294. The van der Waals surface area contributed by atoms with E-state index in [1.54, 1.807) is 0 Å². The second-order valence-electron chi connectivity index (χ2n) is 4.16. The molecule has 2 aliphatic rings. The molecule has 0 bridgehead atoms. The number of carbonyl (C=O) groups is 2. The van der Waals surface area contributed by atoms with Crippen molar-refractivity contribution in [3.63, 3.8) is 0 Å². The highest BCUT2D eigenvalue weighted by Crippen LogP contribution is 2.46. The predicted octanol–water partition coefficient (Wildman–Crippen LogP) is -0.617. The molecule has 0 radical (unpaired) electrons. The third-order valence-corrected chi connectivity index (χ3v) is 2.97. The zero-order valence-electron chi connectivity index (χ0n) is 8.90. The largest absolute Gasteiger partial charge is 0.480 e. The van der Waals surface area contributed by atoms with E-state index >= 15 is 0 Å². The van der Waals surface area contributed by atoms with Crippen molar-refractivity contribution >= 4 is 11.9 Å². The van der Waals surface area contributed by atoms with Gasteiger partial charge in [-0.3, -0.25) is 9.59 Å². The molecule has 1 saturated carbocycles. The standard InChI is InChI=1S/C10H15NO5/c12-8(10(1-2-10)9(13)14)11-5-7-6-15-3-4-16-7/h7H,1-6H2,(H,11,12)(H,13,14). The first-order chi connectivity index (χ1) is 7.65. The lowest BCUT2D eigenvalue weighted by molar-refractivity contribution is -0.149. The van der Waals surface area contributed by atoms with Gasteiger partial charge in [-0.25, -0.2) is 0 Å². The van der Waals surface area contributed by atoms with E-state index in [4.69, 9.17) is 14.6 Å². The summed E-state index contributed by atoms with van der Waals surface area (Å²) in [5, 5.41) is 11.5. The molecular formula is C10H15NO5. The number of carboxylic acid groups (broad SMARTS) is 1. The van der Waals surface area contributed by atoms with Gasteiger partial charge < -0.3 is 19.9 Å². The lowest BCUT2D eigenvalue weighted by Crippen LogP contribution is -2.44. The highest BCUT2D eigenvalue weighted by atomic mass is 16.6. The van der Waals surface area contributed by atoms with E-state index < -0.39 is 17.3 Å². The molecule has 1 aliphatic carbocycles. The van der Waals surface area contributed by atoms with Crippen LogP contribution in [0.2, 0.25) is 0 Å². The number of carbonyl (C=O) groups excluding carboxylic acids is 1. The van der Waals surface area contributed by atoms with E-state index in [2.05, 4.69) is 5.32 Å². The minimum absolute atomic E-state index is 0.165. The molecule has 0 spiro atoms. The Balaban J connectivity index is 1.77. The molecule has 0 aromatic carbocycles. The van der Waals surface area contributed by atoms with Crippen LogP contribution in [0.15, 0.2) is 0 Å². The molecule has 2 fully saturated rings. The van der Waals surface area contributed by atoms with E-state index in [9.17, 15) is 9.59 Å². The van der Waals surface area contributed by atoms with Gasteiger partial charge in [0.25, 0.3) is 0 Å². The van der Waals surface area contributed by atoms with Crippen LogP contribution in [0.5, 0.6) is 0 Å². The van der Waals surface area contributed by atoms with Crippen LogP contribution in [0.3, 0.4) is 0 Å². The van der Waals surface area contributed by atoms with Gasteiger partial charge in [0.2, 0.25) is 5.91 Å². The number of rotatable bonds is 4. The molecule has 0 aromatic heterocycles. The summed E-state index contributed by atoms with van der Waals surface area (Å²) in [5.41, 5.74) is -1.17. The third-order valence-electron chi connectivity index (χ3n) is 2.97. The summed E-state index contributed by atoms with van der Waals surface area (Å²) in [6.45, 7) is 1.85. The van der Waals surface area contributed by atoms with Gasteiger partial charge in [-0.1, -0.05) is 0 Å². The van der Waals surface area contributed by atoms with E-state index in [1.807, 2.05) is 0 Å². The molecule has 1 saturated heterocycles. The number of hydrogen-bond acceptors (Lipinski definition) is 4. The number of nitrogens with one attached hydrogen (secondary N) is 1. The van der Waals surface area contributed by atoms with Crippen molar-refractivity contribution in [2.24, 2.45) is 5.41 Å². The Morgan fingerprint density at radius 3 is 2.62 bits per heavy atom. The molecule has 1 unspecified atom stereocenters. The third kappa shape index (κ3) is 2.17. The molecule has 1 atom stereocenters. The fourth-order valence-electron chi connectivity index (χ4n) is 1.69.